The van der Waals surface area contributed by atoms with Crippen molar-refractivity contribution >= 4 is 17.8 Å². The zero-order valence-corrected chi connectivity index (χ0v) is 14.2. The van der Waals surface area contributed by atoms with Crippen LogP contribution in [0.1, 0.15) is 17.5 Å². The molecule has 1 saturated heterocycles. The second-order valence-corrected chi connectivity index (χ2v) is 6.02. The summed E-state index contributed by atoms with van der Waals surface area (Å²) in [7, 11) is 0. The molecule has 2 aromatic carbocycles. The maximum Gasteiger partial charge on any atom is 0.411 e. The number of hydrogen-bond acceptors (Lipinski definition) is 5. The molecule has 26 heavy (non-hydrogen) atoms. The highest BCUT2D eigenvalue weighted by Crippen LogP contribution is 2.18. The van der Waals surface area contributed by atoms with E-state index in [0.717, 1.165) is 16.0 Å². The molecule has 0 aromatic heterocycles. The fourth-order valence-electron chi connectivity index (χ4n) is 2.72. The van der Waals surface area contributed by atoms with E-state index in [0.29, 0.717) is 0 Å². The fourth-order valence-corrected chi connectivity index (χ4v) is 2.72. The number of ether oxygens (including phenoxy) is 2. The van der Waals surface area contributed by atoms with Gasteiger partial charge in [-0.15, -0.1) is 0 Å². The Labute approximate surface area is 151 Å². The number of carbonyl (C=O) groups excluding carboxylic acids is 3. The molecule has 6 nitrogen and oxygen atoms in total. The summed E-state index contributed by atoms with van der Waals surface area (Å²) in [4.78, 5) is 37.5. The normalized spacial score (nSPS) is 16.4. The quantitative estimate of drug-likeness (QED) is 0.773. The number of ketones is 1. The van der Waals surface area contributed by atoms with Crippen LogP contribution in [0.25, 0.3) is 0 Å². The van der Waals surface area contributed by atoms with Crippen molar-refractivity contribution in [2.75, 3.05) is 6.54 Å². The number of esters is 1. The number of Topliss-reactive ketones (excluding diaryl/α,β-unsaturated/α-hetero) is 1. The van der Waals surface area contributed by atoms with Gasteiger partial charge in [0.25, 0.3) is 0 Å². The molecule has 0 radical (unpaired) electrons. The molecule has 0 N–H and O–H groups in total. The van der Waals surface area contributed by atoms with Crippen molar-refractivity contribution in [1.29, 1.82) is 0 Å². The van der Waals surface area contributed by atoms with Crippen LogP contribution in [0.5, 0.6) is 0 Å². The number of hydrogen-bond donors (Lipinski definition) is 0. The van der Waals surface area contributed by atoms with Crippen molar-refractivity contribution in [2.24, 2.45) is 0 Å². The lowest BCUT2D eigenvalue weighted by atomic mass is 10.2. The van der Waals surface area contributed by atoms with Gasteiger partial charge in [0.05, 0.1) is 6.54 Å². The monoisotopic (exact) mass is 353 g/mol. The first-order valence-electron chi connectivity index (χ1n) is 8.33. The average molecular weight is 353 g/mol. The maximum absolute atomic E-state index is 12.3. The number of amides is 1. The summed E-state index contributed by atoms with van der Waals surface area (Å²) < 4.78 is 10.5. The molecule has 1 heterocycles. The van der Waals surface area contributed by atoms with Crippen molar-refractivity contribution in [2.45, 2.75) is 25.7 Å². The first-order chi connectivity index (χ1) is 12.6. The molecule has 1 fully saturated rings. The number of likely N-dealkylation sites (tertiary alicyclic amines) is 1. The van der Waals surface area contributed by atoms with Gasteiger partial charge in [-0.3, -0.25) is 9.69 Å². The molecule has 1 unspecified atom stereocenters. The Kier molecular flexibility index (Phi) is 5.63. The Bertz CT molecular complexity index is 710. The standard InChI is InChI=1S/C20H19NO5/c22-17-11-18(19(23)25-13-15-7-3-1-4-8-15)21(12-17)20(24)26-14-16-9-5-2-6-10-16/h1-10,18H,11-14H2. The topological polar surface area (TPSA) is 72.9 Å². The van der Waals surface area contributed by atoms with E-state index in [1.165, 1.54) is 0 Å². The van der Waals surface area contributed by atoms with E-state index in [2.05, 4.69) is 0 Å². The zero-order valence-electron chi connectivity index (χ0n) is 14.2. The largest absolute Gasteiger partial charge is 0.459 e. The van der Waals surface area contributed by atoms with Gasteiger partial charge in [0.2, 0.25) is 0 Å². The van der Waals surface area contributed by atoms with Gasteiger partial charge in [0.15, 0.2) is 5.78 Å². The molecule has 134 valence electrons. The van der Waals surface area contributed by atoms with E-state index < -0.39 is 18.1 Å². The molecule has 2 aromatic rings. The smallest absolute Gasteiger partial charge is 0.411 e. The summed E-state index contributed by atoms with van der Waals surface area (Å²) in [6, 6.07) is 17.5. The molecular formula is C20H19NO5. The predicted molar refractivity (Wildman–Crippen MR) is 93.0 cm³/mol. The number of rotatable bonds is 5. The van der Waals surface area contributed by atoms with Crippen LogP contribution in [0, 0.1) is 0 Å². The summed E-state index contributed by atoms with van der Waals surface area (Å²) in [6.45, 7) is 0.0339. The molecule has 3 rings (SSSR count). The zero-order chi connectivity index (χ0) is 18.4. The fraction of sp³-hybridized carbons (Fsp3) is 0.250. The highest BCUT2D eigenvalue weighted by molar-refractivity contribution is 5.95. The van der Waals surface area contributed by atoms with E-state index >= 15 is 0 Å². The van der Waals surface area contributed by atoms with E-state index in [1.807, 2.05) is 60.7 Å². The molecule has 0 aliphatic carbocycles. The predicted octanol–water partition coefficient (Wildman–Crippen LogP) is 2.71. The Morgan fingerprint density at radius 1 is 0.885 bits per heavy atom. The second kappa shape index (κ2) is 8.29. The Hall–Kier alpha value is -3.15. The van der Waals surface area contributed by atoms with Gasteiger partial charge in [-0.25, -0.2) is 9.59 Å². The van der Waals surface area contributed by atoms with Gasteiger partial charge in [-0.2, -0.15) is 0 Å². The molecule has 0 bridgehead atoms. The second-order valence-electron chi connectivity index (χ2n) is 6.02. The summed E-state index contributed by atoms with van der Waals surface area (Å²) in [5.41, 5.74) is 1.66. The minimum absolute atomic E-state index is 0.0476. The molecule has 1 aliphatic rings. The SMILES string of the molecule is O=C1CC(C(=O)OCc2ccccc2)N(C(=O)OCc2ccccc2)C1. The number of carbonyl (C=O) groups is 3. The lowest BCUT2D eigenvalue weighted by molar-refractivity contribution is -0.150. The van der Waals surface area contributed by atoms with Crippen molar-refractivity contribution in [3.63, 3.8) is 0 Å². The summed E-state index contributed by atoms with van der Waals surface area (Å²) >= 11 is 0. The van der Waals surface area contributed by atoms with E-state index in [4.69, 9.17) is 9.47 Å². The molecule has 1 aliphatic heterocycles. The molecular weight excluding hydrogens is 334 g/mol. The maximum atomic E-state index is 12.3. The van der Waals surface area contributed by atoms with Gasteiger partial charge < -0.3 is 9.47 Å². The summed E-state index contributed by atoms with van der Waals surface area (Å²) in [6.07, 6.45) is -0.741. The molecule has 1 atom stereocenters. The highest BCUT2D eigenvalue weighted by atomic mass is 16.6. The first-order valence-corrected chi connectivity index (χ1v) is 8.33. The van der Waals surface area contributed by atoms with Crippen LogP contribution in [0.2, 0.25) is 0 Å². The van der Waals surface area contributed by atoms with Gasteiger partial charge in [-0.1, -0.05) is 60.7 Å². The van der Waals surface area contributed by atoms with Crippen LogP contribution >= 0.6 is 0 Å². The van der Waals surface area contributed by atoms with E-state index in [9.17, 15) is 14.4 Å². The van der Waals surface area contributed by atoms with Gasteiger partial charge in [0, 0.05) is 6.42 Å². The minimum Gasteiger partial charge on any atom is -0.459 e. The van der Waals surface area contributed by atoms with Gasteiger partial charge in [-0.05, 0) is 11.1 Å². The third kappa shape index (κ3) is 4.47. The van der Waals surface area contributed by atoms with E-state index in [1.54, 1.807) is 0 Å². The number of nitrogens with zero attached hydrogens (tertiary/aromatic N) is 1. The summed E-state index contributed by atoms with van der Waals surface area (Å²) in [5, 5.41) is 0. The molecule has 0 saturated carbocycles. The Morgan fingerprint density at radius 3 is 2.00 bits per heavy atom. The van der Waals surface area contributed by atoms with Crippen LogP contribution in [-0.2, 0) is 32.3 Å². The van der Waals surface area contributed by atoms with Crippen molar-refractivity contribution in [3.05, 3.63) is 71.8 Å². The van der Waals surface area contributed by atoms with Crippen LogP contribution in [0.15, 0.2) is 60.7 Å². The van der Waals surface area contributed by atoms with Crippen molar-refractivity contribution < 1.29 is 23.9 Å². The first kappa shape index (κ1) is 17.7. The third-order valence-electron chi connectivity index (χ3n) is 4.08. The van der Waals surface area contributed by atoms with Crippen LogP contribution in [0.3, 0.4) is 0 Å². The minimum atomic E-state index is -0.936. The van der Waals surface area contributed by atoms with E-state index in [-0.39, 0.29) is 32.0 Å². The van der Waals surface area contributed by atoms with Gasteiger partial charge in [0.1, 0.15) is 19.3 Å². The Morgan fingerprint density at radius 2 is 1.42 bits per heavy atom. The average Bonchev–Trinajstić information content (AvgIpc) is 3.08. The van der Waals surface area contributed by atoms with Crippen molar-refractivity contribution in [3.8, 4) is 0 Å². The highest BCUT2D eigenvalue weighted by Gasteiger charge is 2.40. The molecule has 6 heteroatoms. The lowest BCUT2D eigenvalue weighted by Crippen LogP contribution is -2.41. The number of benzene rings is 2. The summed E-state index contributed by atoms with van der Waals surface area (Å²) in [5.74, 6) is -0.792. The van der Waals surface area contributed by atoms with Crippen LogP contribution in [0.4, 0.5) is 4.79 Å². The van der Waals surface area contributed by atoms with Crippen molar-refractivity contribution in [1.82, 2.24) is 4.90 Å². The Balaban J connectivity index is 1.57. The lowest BCUT2D eigenvalue weighted by Gasteiger charge is -2.21. The van der Waals surface area contributed by atoms with Gasteiger partial charge >= 0.3 is 12.1 Å². The van der Waals surface area contributed by atoms with Crippen LogP contribution < -0.4 is 0 Å². The molecule has 0 spiro atoms. The van der Waals surface area contributed by atoms with Crippen LogP contribution in [-0.4, -0.2) is 35.3 Å². The third-order valence-corrected chi connectivity index (χ3v) is 4.08. The molecule has 1 amide bonds.